The molecule has 0 aliphatic rings. The van der Waals surface area contributed by atoms with Gasteiger partial charge in [-0.15, -0.1) is 0 Å². The summed E-state index contributed by atoms with van der Waals surface area (Å²) in [6, 6.07) is 18.9. The topological polar surface area (TPSA) is 62.7 Å². The smallest absolute Gasteiger partial charge is 0.293 e. The molecule has 2 N–H and O–H groups in total. The van der Waals surface area contributed by atoms with Crippen LogP contribution in [0.5, 0.6) is 0 Å². The molecule has 2 rings (SSSR count). The fourth-order valence-corrected chi connectivity index (χ4v) is 1.95. The molecule has 6 heteroatoms. The number of anilines is 1. The molecular weight excluding hydrogens is 310 g/mol. The number of hydrogen-bond donors (Lipinski definition) is 2. The van der Waals surface area contributed by atoms with Crippen LogP contribution in [0.4, 0.5) is 5.69 Å². The first-order chi connectivity index (χ1) is 11.2. The zero-order chi connectivity index (χ0) is 16.3. The van der Waals surface area contributed by atoms with Crippen molar-refractivity contribution in [3.05, 3.63) is 66.2 Å². The van der Waals surface area contributed by atoms with Crippen LogP contribution in [0.1, 0.15) is 5.56 Å². The first-order valence-electron chi connectivity index (χ1n) is 7.09. The van der Waals surface area contributed by atoms with Crippen molar-refractivity contribution in [1.29, 1.82) is 0 Å². The third kappa shape index (κ3) is 6.71. The van der Waals surface area contributed by atoms with Crippen LogP contribution in [0.3, 0.4) is 0 Å². The van der Waals surface area contributed by atoms with E-state index in [0.717, 1.165) is 11.3 Å². The van der Waals surface area contributed by atoms with Gasteiger partial charge >= 0.3 is 0 Å². The maximum atomic E-state index is 11.7. The number of hydrogen-bond acceptors (Lipinski definition) is 4. The third-order valence-corrected chi connectivity index (χ3v) is 3.00. The van der Waals surface area contributed by atoms with Crippen molar-refractivity contribution in [3.8, 4) is 0 Å². The molecule has 2 aromatic rings. The van der Waals surface area contributed by atoms with Gasteiger partial charge in [0.25, 0.3) is 5.17 Å². The Labute approximate surface area is 140 Å². The normalized spacial score (nSPS) is 10.3. The minimum absolute atomic E-state index is 0.0763. The van der Waals surface area contributed by atoms with Crippen LogP contribution >= 0.6 is 12.2 Å². The van der Waals surface area contributed by atoms with Crippen molar-refractivity contribution in [2.75, 3.05) is 11.9 Å². The van der Waals surface area contributed by atoms with Gasteiger partial charge in [0, 0.05) is 5.69 Å². The molecule has 0 heterocycles. The summed E-state index contributed by atoms with van der Waals surface area (Å²) in [5.41, 5.74) is 1.79. The summed E-state index contributed by atoms with van der Waals surface area (Å²) in [6.07, 6.45) is 1.78. The Morgan fingerprint density at radius 3 is 2.43 bits per heavy atom. The molecule has 0 aliphatic carbocycles. The van der Waals surface area contributed by atoms with Crippen molar-refractivity contribution in [1.82, 2.24) is 5.32 Å². The van der Waals surface area contributed by atoms with Crippen LogP contribution in [-0.4, -0.2) is 23.8 Å². The van der Waals surface area contributed by atoms with Gasteiger partial charge in [0.05, 0.1) is 19.2 Å². The third-order valence-electron chi connectivity index (χ3n) is 2.83. The summed E-state index contributed by atoms with van der Waals surface area (Å²) in [6.45, 7) is 0.277. The van der Waals surface area contributed by atoms with Gasteiger partial charge in [-0.3, -0.25) is 4.79 Å². The van der Waals surface area contributed by atoms with Crippen LogP contribution in [0, 0.1) is 0 Å². The number of benzene rings is 2. The molecule has 0 atom stereocenters. The monoisotopic (exact) mass is 327 g/mol. The van der Waals surface area contributed by atoms with Gasteiger partial charge in [-0.05, 0) is 29.9 Å². The van der Waals surface area contributed by atoms with Gasteiger partial charge < -0.3 is 15.5 Å². The van der Waals surface area contributed by atoms with E-state index in [1.165, 1.54) is 6.21 Å². The highest BCUT2D eigenvalue weighted by Gasteiger charge is 2.01. The number of rotatable bonds is 6. The first kappa shape index (κ1) is 16.6. The summed E-state index contributed by atoms with van der Waals surface area (Å²) in [5, 5.41) is 9.45. The number of amides is 1. The van der Waals surface area contributed by atoms with Gasteiger partial charge in [-0.1, -0.05) is 53.7 Å². The van der Waals surface area contributed by atoms with Crippen LogP contribution in [0.2, 0.25) is 0 Å². The lowest BCUT2D eigenvalue weighted by Crippen LogP contribution is -2.26. The minimum Gasteiger partial charge on any atom is -0.351 e. The van der Waals surface area contributed by atoms with E-state index in [1.54, 1.807) is 0 Å². The van der Waals surface area contributed by atoms with Crippen molar-refractivity contribution >= 4 is 35.2 Å². The van der Waals surface area contributed by atoms with E-state index in [-0.39, 0.29) is 17.6 Å². The van der Waals surface area contributed by atoms with E-state index >= 15 is 0 Å². The largest absolute Gasteiger partial charge is 0.351 e. The molecule has 0 saturated heterocycles. The zero-order valence-corrected chi connectivity index (χ0v) is 13.3. The first-order valence-corrected chi connectivity index (χ1v) is 7.50. The number of para-hydroxylation sites is 1. The van der Waals surface area contributed by atoms with Gasteiger partial charge in [-0.2, -0.15) is 0 Å². The average Bonchev–Trinajstić information content (AvgIpc) is 2.56. The molecule has 0 radical (unpaired) electrons. The van der Waals surface area contributed by atoms with Gasteiger partial charge in [0.1, 0.15) is 0 Å². The van der Waals surface area contributed by atoms with Crippen molar-refractivity contribution in [2.45, 2.75) is 6.42 Å². The van der Waals surface area contributed by atoms with Gasteiger partial charge in [0.15, 0.2) is 0 Å². The van der Waals surface area contributed by atoms with E-state index in [0.29, 0.717) is 6.42 Å². The summed E-state index contributed by atoms with van der Waals surface area (Å²) < 4.78 is 0. The lowest BCUT2D eigenvalue weighted by atomic mass is 10.1. The molecule has 118 valence electrons. The number of carbonyl (C=O) groups is 1. The van der Waals surface area contributed by atoms with Crippen molar-refractivity contribution < 1.29 is 9.63 Å². The van der Waals surface area contributed by atoms with E-state index in [2.05, 4.69) is 15.8 Å². The van der Waals surface area contributed by atoms with Crippen molar-refractivity contribution in [3.63, 3.8) is 0 Å². The number of oxime groups is 1. The molecule has 0 unspecified atom stereocenters. The fraction of sp³-hybridized carbons (Fsp3) is 0.118. The van der Waals surface area contributed by atoms with Crippen LogP contribution in [-0.2, 0) is 16.1 Å². The van der Waals surface area contributed by atoms with Crippen LogP contribution in [0.25, 0.3) is 0 Å². The molecule has 23 heavy (non-hydrogen) atoms. The fourth-order valence-electron chi connectivity index (χ4n) is 1.79. The number of nitrogens with zero attached hydrogens (tertiary/aromatic N) is 1. The van der Waals surface area contributed by atoms with E-state index in [9.17, 15) is 4.79 Å². The molecular formula is C17H17N3O2S. The highest BCUT2D eigenvalue weighted by atomic mass is 32.1. The molecule has 0 spiro atoms. The molecule has 5 nitrogen and oxygen atoms in total. The Morgan fingerprint density at radius 1 is 1.09 bits per heavy atom. The van der Waals surface area contributed by atoms with Gasteiger partial charge in [0.2, 0.25) is 5.91 Å². The molecule has 2 aromatic carbocycles. The second-order valence-electron chi connectivity index (χ2n) is 4.62. The predicted molar refractivity (Wildman–Crippen MR) is 95.4 cm³/mol. The maximum absolute atomic E-state index is 11.7. The maximum Gasteiger partial charge on any atom is 0.293 e. The Morgan fingerprint density at radius 2 is 1.74 bits per heavy atom. The van der Waals surface area contributed by atoms with E-state index < -0.39 is 0 Å². The Bertz CT molecular complexity index is 660. The summed E-state index contributed by atoms with van der Waals surface area (Å²) in [5.74, 6) is -0.0763. The molecule has 0 aromatic heterocycles. The predicted octanol–water partition coefficient (Wildman–Crippen LogP) is 2.74. The standard InChI is InChI=1S/C17H17N3O2S/c21-16(13-14-7-3-1-4-8-14)18-11-12-19-22-17(23)20-15-9-5-2-6-10-15/h1-10,12H,11,13H2,(H,18,21)(H,20,23). The van der Waals surface area contributed by atoms with Crippen LogP contribution < -0.4 is 10.6 Å². The Hall–Kier alpha value is -2.73. The Kier molecular flexibility index (Phi) is 6.74. The SMILES string of the molecule is O=C(Cc1ccccc1)NCC=NOC(=S)Nc1ccccc1. The summed E-state index contributed by atoms with van der Waals surface area (Å²) >= 11 is 4.99. The zero-order valence-electron chi connectivity index (χ0n) is 12.4. The quantitative estimate of drug-likeness (QED) is 0.486. The molecule has 1 amide bonds. The average molecular weight is 327 g/mol. The lowest BCUT2D eigenvalue weighted by Gasteiger charge is -2.04. The van der Waals surface area contributed by atoms with Gasteiger partial charge in [-0.25, -0.2) is 0 Å². The van der Waals surface area contributed by atoms with E-state index in [4.69, 9.17) is 17.1 Å². The highest BCUT2D eigenvalue weighted by molar-refractivity contribution is 7.80. The lowest BCUT2D eigenvalue weighted by molar-refractivity contribution is -0.120. The molecule has 0 fully saturated rings. The number of nitrogens with one attached hydrogen (secondary N) is 2. The van der Waals surface area contributed by atoms with Crippen LogP contribution in [0.15, 0.2) is 65.8 Å². The molecule has 0 aliphatic heterocycles. The summed E-state index contributed by atoms with van der Waals surface area (Å²) in [7, 11) is 0. The highest BCUT2D eigenvalue weighted by Crippen LogP contribution is 2.05. The van der Waals surface area contributed by atoms with Crippen molar-refractivity contribution in [2.24, 2.45) is 5.16 Å². The summed E-state index contributed by atoms with van der Waals surface area (Å²) in [4.78, 5) is 16.7. The second-order valence-corrected chi connectivity index (χ2v) is 4.99. The Balaban J connectivity index is 1.63. The molecule has 0 bridgehead atoms. The number of thiocarbonyl (C=S) groups is 1. The second kappa shape index (κ2) is 9.32. The molecule has 0 saturated carbocycles. The minimum atomic E-state index is -0.0763. The number of carbonyl (C=O) groups excluding carboxylic acids is 1. The van der Waals surface area contributed by atoms with E-state index in [1.807, 2.05) is 60.7 Å².